The Balaban J connectivity index is 2.48. The molecule has 0 aliphatic heterocycles. The Morgan fingerprint density at radius 3 is 2.29 bits per heavy atom. The maximum absolute atomic E-state index is 6.33. The maximum Gasteiger partial charge on any atom is 0.0572 e. The zero-order valence-corrected chi connectivity index (χ0v) is 10.6. The fraction of sp³-hybridized carbons (Fsp3) is 0.267. The minimum absolute atomic E-state index is 0.0932. The second-order valence-electron chi connectivity index (χ2n) is 4.58. The normalized spacial score (nSPS) is 12.5. The molecule has 1 aromatic heterocycles. The predicted molar refractivity (Wildman–Crippen MR) is 70.9 cm³/mol. The van der Waals surface area contributed by atoms with E-state index in [1.165, 1.54) is 22.3 Å². The van der Waals surface area contributed by atoms with Crippen LogP contribution in [0, 0.1) is 20.8 Å². The van der Waals surface area contributed by atoms with Gasteiger partial charge < -0.3 is 5.73 Å². The van der Waals surface area contributed by atoms with E-state index in [-0.39, 0.29) is 6.04 Å². The highest BCUT2D eigenvalue weighted by molar-refractivity contribution is 5.43. The molecule has 17 heavy (non-hydrogen) atoms. The summed E-state index contributed by atoms with van der Waals surface area (Å²) in [4.78, 5) is 4.13. The molecular weight excluding hydrogens is 208 g/mol. The molecule has 2 nitrogen and oxygen atoms in total. The highest BCUT2D eigenvalue weighted by Gasteiger charge is 2.14. The summed E-state index contributed by atoms with van der Waals surface area (Å²) in [5.74, 6) is 0. The van der Waals surface area contributed by atoms with Crippen LogP contribution in [0.2, 0.25) is 0 Å². The van der Waals surface area contributed by atoms with E-state index in [0.29, 0.717) is 0 Å². The van der Waals surface area contributed by atoms with Gasteiger partial charge in [0.15, 0.2) is 0 Å². The second-order valence-corrected chi connectivity index (χ2v) is 4.58. The molecule has 2 rings (SSSR count). The number of hydrogen-bond donors (Lipinski definition) is 1. The zero-order valence-electron chi connectivity index (χ0n) is 10.6. The van der Waals surface area contributed by atoms with E-state index in [2.05, 4.69) is 37.9 Å². The minimum atomic E-state index is -0.0932. The first kappa shape index (κ1) is 11.8. The van der Waals surface area contributed by atoms with Gasteiger partial charge in [0, 0.05) is 12.4 Å². The summed E-state index contributed by atoms with van der Waals surface area (Å²) < 4.78 is 0. The molecule has 0 saturated heterocycles. The van der Waals surface area contributed by atoms with Gasteiger partial charge >= 0.3 is 0 Å². The van der Waals surface area contributed by atoms with Crippen molar-refractivity contribution in [2.45, 2.75) is 26.8 Å². The number of nitrogens with zero attached hydrogens (tertiary/aromatic N) is 1. The summed E-state index contributed by atoms with van der Waals surface area (Å²) in [5.41, 5.74) is 12.4. The van der Waals surface area contributed by atoms with E-state index in [4.69, 9.17) is 5.73 Å². The highest BCUT2D eigenvalue weighted by Crippen LogP contribution is 2.26. The third-order valence-electron chi connectivity index (χ3n) is 3.09. The lowest BCUT2D eigenvalue weighted by Crippen LogP contribution is -2.15. The van der Waals surface area contributed by atoms with Gasteiger partial charge in [-0.05, 0) is 49.1 Å². The molecule has 0 fully saturated rings. The second kappa shape index (κ2) is 4.68. The highest BCUT2D eigenvalue weighted by atomic mass is 14.7. The van der Waals surface area contributed by atoms with E-state index < -0.39 is 0 Å². The average Bonchev–Trinajstić information content (AvgIpc) is 2.28. The summed E-state index contributed by atoms with van der Waals surface area (Å²) in [6.45, 7) is 6.34. The Kier molecular flexibility index (Phi) is 3.25. The topological polar surface area (TPSA) is 38.9 Å². The molecule has 1 aromatic carbocycles. The molecular formula is C15H18N2. The summed E-state index contributed by atoms with van der Waals surface area (Å²) in [5, 5.41) is 0. The van der Waals surface area contributed by atoms with Crippen LogP contribution >= 0.6 is 0 Å². The lowest BCUT2D eigenvalue weighted by Gasteiger charge is -2.18. The molecule has 0 radical (unpaired) electrons. The van der Waals surface area contributed by atoms with Crippen molar-refractivity contribution in [3.63, 3.8) is 0 Å². The molecule has 0 spiro atoms. The van der Waals surface area contributed by atoms with Crippen molar-refractivity contribution < 1.29 is 0 Å². The number of aromatic nitrogens is 1. The third kappa shape index (κ3) is 2.37. The quantitative estimate of drug-likeness (QED) is 0.854. The monoisotopic (exact) mass is 226 g/mol. The first-order chi connectivity index (χ1) is 8.09. The lowest BCUT2D eigenvalue weighted by molar-refractivity contribution is 0.843. The van der Waals surface area contributed by atoms with Crippen LogP contribution in [-0.4, -0.2) is 4.98 Å². The van der Waals surface area contributed by atoms with Crippen LogP contribution < -0.4 is 5.73 Å². The number of benzene rings is 1. The molecule has 2 N–H and O–H groups in total. The number of pyridine rings is 1. The maximum atomic E-state index is 6.33. The summed E-state index contributed by atoms with van der Waals surface area (Å²) in [6, 6.07) is 8.21. The molecule has 0 amide bonds. The van der Waals surface area contributed by atoms with E-state index in [9.17, 15) is 0 Å². The smallest absolute Gasteiger partial charge is 0.0572 e. The summed E-state index contributed by atoms with van der Waals surface area (Å²) in [6.07, 6.45) is 3.61. The van der Waals surface area contributed by atoms with E-state index in [0.717, 1.165) is 5.56 Å². The molecule has 1 atom stereocenters. The Morgan fingerprint density at radius 2 is 1.76 bits per heavy atom. The SMILES string of the molecule is Cc1cc(C)c(C(N)c2cccnc2)c(C)c1. The van der Waals surface area contributed by atoms with E-state index >= 15 is 0 Å². The molecule has 88 valence electrons. The third-order valence-corrected chi connectivity index (χ3v) is 3.09. The van der Waals surface area contributed by atoms with Crippen LogP contribution in [-0.2, 0) is 0 Å². The molecule has 0 aliphatic carbocycles. The van der Waals surface area contributed by atoms with Gasteiger partial charge in [-0.3, -0.25) is 4.98 Å². The van der Waals surface area contributed by atoms with Crippen LogP contribution in [0.1, 0.15) is 33.9 Å². The first-order valence-corrected chi connectivity index (χ1v) is 5.83. The molecule has 2 heteroatoms. The fourth-order valence-corrected chi connectivity index (χ4v) is 2.41. The summed E-state index contributed by atoms with van der Waals surface area (Å²) >= 11 is 0. The summed E-state index contributed by atoms with van der Waals surface area (Å²) in [7, 11) is 0. The van der Waals surface area contributed by atoms with Crippen molar-refractivity contribution in [2.24, 2.45) is 5.73 Å². The van der Waals surface area contributed by atoms with Crippen LogP contribution in [0.15, 0.2) is 36.7 Å². The number of nitrogens with two attached hydrogens (primary N) is 1. The zero-order chi connectivity index (χ0) is 12.4. The van der Waals surface area contributed by atoms with Crippen LogP contribution in [0.3, 0.4) is 0 Å². The first-order valence-electron chi connectivity index (χ1n) is 5.83. The Bertz CT molecular complexity index is 495. The lowest BCUT2D eigenvalue weighted by atomic mass is 9.91. The average molecular weight is 226 g/mol. The van der Waals surface area contributed by atoms with Crippen molar-refractivity contribution >= 4 is 0 Å². The van der Waals surface area contributed by atoms with Crippen LogP contribution in [0.4, 0.5) is 0 Å². The van der Waals surface area contributed by atoms with Gasteiger partial charge in [0.05, 0.1) is 6.04 Å². The molecule has 0 bridgehead atoms. The largest absolute Gasteiger partial charge is 0.320 e. The van der Waals surface area contributed by atoms with Gasteiger partial charge in [0.2, 0.25) is 0 Å². The van der Waals surface area contributed by atoms with Crippen LogP contribution in [0.5, 0.6) is 0 Å². The van der Waals surface area contributed by atoms with Crippen molar-refractivity contribution in [1.29, 1.82) is 0 Å². The number of aryl methyl sites for hydroxylation is 3. The van der Waals surface area contributed by atoms with Crippen LogP contribution in [0.25, 0.3) is 0 Å². The van der Waals surface area contributed by atoms with Gasteiger partial charge in [-0.1, -0.05) is 23.8 Å². The predicted octanol–water partition coefficient (Wildman–Crippen LogP) is 3.05. The Hall–Kier alpha value is -1.67. The van der Waals surface area contributed by atoms with Crippen molar-refractivity contribution in [3.8, 4) is 0 Å². The van der Waals surface area contributed by atoms with Gasteiger partial charge in [-0.25, -0.2) is 0 Å². The Morgan fingerprint density at radius 1 is 1.12 bits per heavy atom. The van der Waals surface area contributed by atoms with Crippen molar-refractivity contribution in [1.82, 2.24) is 4.98 Å². The number of hydrogen-bond acceptors (Lipinski definition) is 2. The Labute approximate surface area is 103 Å². The fourth-order valence-electron chi connectivity index (χ4n) is 2.41. The standard InChI is InChI=1S/C15H18N2/c1-10-7-11(2)14(12(3)8-10)15(16)13-5-4-6-17-9-13/h4-9,15H,16H2,1-3H3. The van der Waals surface area contributed by atoms with Crippen molar-refractivity contribution in [3.05, 3.63) is 64.5 Å². The number of rotatable bonds is 2. The van der Waals surface area contributed by atoms with Gasteiger partial charge in [-0.2, -0.15) is 0 Å². The van der Waals surface area contributed by atoms with Gasteiger partial charge in [0.25, 0.3) is 0 Å². The van der Waals surface area contributed by atoms with Gasteiger partial charge in [-0.15, -0.1) is 0 Å². The molecule has 0 saturated carbocycles. The minimum Gasteiger partial charge on any atom is -0.320 e. The van der Waals surface area contributed by atoms with Gasteiger partial charge in [0.1, 0.15) is 0 Å². The molecule has 2 aromatic rings. The van der Waals surface area contributed by atoms with E-state index in [1.54, 1.807) is 6.20 Å². The molecule has 0 aliphatic rings. The molecule has 1 unspecified atom stereocenters. The molecule has 1 heterocycles. The van der Waals surface area contributed by atoms with Crippen molar-refractivity contribution in [2.75, 3.05) is 0 Å². The van der Waals surface area contributed by atoms with E-state index in [1.807, 2.05) is 18.3 Å².